The van der Waals surface area contributed by atoms with Gasteiger partial charge in [0.05, 0.1) is 6.61 Å². The molecule has 96 valence electrons. The van der Waals surface area contributed by atoms with E-state index in [1.807, 2.05) is 24.8 Å². The molecule has 0 heterocycles. The molecule has 1 N–H and O–H groups in total. The summed E-state index contributed by atoms with van der Waals surface area (Å²) in [5.41, 5.74) is 2.47. The lowest BCUT2D eigenvalue weighted by Crippen LogP contribution is -2.04. The highest BCUT2D eigenvalue weighted by molar-refractivity contribution is 7.99. The minimum atomic E-state index is 0.723. The SMILES string of the molecule is CCOc1ccc(NCCCSCC)c(C)c1. The monoisotopic (exact) mass is 253 g/mol. The van der Waals surface area contributed by atoms with Crippen LogP contribution in [0.3, 0.4) is 0 Å². The lowest BCUT2D eigenvalue weighted by molar-refractivity contribution is 0.340. The molecule has 0 aromatic heterocycles. The highest BCUT2D eigenvalue weighted by atomic mass is 32.2. The van der Waals surface area contributed by atoms with Gasteiger partial charge >= 0.3 is 0 Å². The predicted octanol–water partition coefficient (Wildman–Crippen LogP) is 3.95. The van der Waals surface area contributed by atoms with Crippen LogP contribution in [-0.2, 0) is 0 Å². The second kappa shape index (κ2) is 8.29. The Morgan fingerprint density at radius 1 is 1.29 bits per heavy atom. The summed E-state index contributed by atoms with van der Waals surface area (Å²) in [6, 6.07) is 6.22. The van der Waals surface area contributed by atoms with Crippen molar-refractivity contribution < 1.29 is 4.74 Å². The third kappa shape index (κ3) is 5.35. The summed E-state index contributed by atoms with van der Waals surface area (Å²) in [6.07, 6.45) is 1.21. The summed E-state index contributed by atoms with van der Waals surface area (Å²) >= 11 is 2.00. The molecule has 17 heavy (non-hydrogen) atoms. The topological polar surface area (TPSA) is 21.3 Å². The van der Waals surface area contributed by atoms with Gasteiger partial charge in [0.2, 0.25) is 0 Å². The second-order valence-corrected chi connectivity index (χ2v) is 5.28. The molecular formula is C14H23NOS. The van der Waals surface area contributed by atoms with Crippen LogP contribution < -0.4 is 10.1 Å². The van der Waals surface area contributed by atoms with Crippen molar-refractivity contribution >= 4 is 17.4 Å². The van der Waals surface area contributed by atoms with Crippen LogP contribution in [0, 0.1) is 6.92 Å². The quantitative estimate of drug-likeness (QED) is 0.709. The van der Waals surface area contributed by atoms with E-state index in [1.54, 1.807) is 0 Å². The molecule has 1 rings (SSSR count). The molecule has 0 aliphatic carbocycles. The Hall–Kier alpha value is -0.830. The van der Waals surface area contributed by atoms with E-state index in [0.29, 0.717) is 0 Å². The van der Waals surface area contributed by atoms with E-state index in [-0.39, 0.29) is 0 Å². The van der Waals surface area contributed by atoms with E-state index in [9.17, 15) is 0 Å². The van der Waals surface area contributed by atoms with Gasteiger partial charge in [0.15, 0.2) is 0 Å². The third-order valence-electron chi connectivity index (χ3n) is 2.49. The van der Waals surface area contributed by atoms with Gasteiger partial charge in [-0.2, -0.15) is 11.8 Å². The van der Waals surface area contributed by atoms with Gasteiger partial charge in [-0.25, -0.2) is 0 Å². The summed E-state index contributed by atoms with van der Waals surface area (Å²) < 4.78 is 5.47. The molecule has 0 spiro atoms. The summed E-state index contributed by atoms with van der Waals surface area (Å²) in [5, 5.41) is 3.47. The predicted molar refractivity (Wildman–Crippen MR) is 78.5 cm³/mol. The van der Waals surface area contributed by atoms with Crippen LogP contribution in [0.4, 0.5) is 5.69 Å². The minimum absolute atomic E-state index is 0.723. The number of hydrogen-bond donors (Lipinski definition) is 1. The van der Waals surface area contributed by atoms with Gasteiger partial charge in [0.1, 0.15) is 5.75 Å². The van der Waals surface area contributed by atoms with E-state index >= 15 is 0 Å². The molecule has 3 heteroatoms. The van der Waals surface area contributed by atoms with Crippen molar-refractivity contribution in [2.45, 2.75) is 27.2 Å². The van der Waals surface area contributed by atoms with Crippen molar-refractivity contribution in [1.29, 1.82) is 0 Å². The van der Waals surface area contributed by atoms with Gasteiger partial charge in [0, 0.05) is 12.2 Å². The first-order valence-corrected chi connectivity index (χ1v) is 7.48. The maximum Gasteiger partial charge on any atom is 0.119 e. The number of thioether (sulfide) groups is 1. The Morgan fingerprint density at radius 3 is 2.76 bits per heavy atom. The molecule has 0 saturated carbocycles. The molecule has 0 saturated heterocycles. The van der Waals surface area contributed by atoms with Crippen LogP contribution in [0.25, 0.3) is 0 Å². The van der Waals surface area contributed by atoms with Crippen molar-refractivity contribution in [3.8, 4) is 5.75 Å². The van der Waals surface area contributed by atoms with Gasteiger partial charge < -0.3 is 10.1 Å². The highest BCUT2D eigenvalue weighted by Gasteiger charge is 1.99. The molecule has 1 aromatic rings. The average Bonchev–Trinajstić information content (AvgIpc) is 2.32. The van der Waals surface area contributed by atoms with Crippen LogP contribution in [0.5, 0.6) is 5.75 Å². The number of hydrogen-bond acceptors (Lipinski definition) is 3. The number of nitrogens with one attached hydrogen (secondary N) is 1. The largest absolute Gasteiger partial charge is 0.494 e. The molecule has 0 radical (unpaired) electrons. The molecule has 0 bridgehead atoms. The Bertz CT molecular complexity index is 328. The summed E-state index contributed by atoms with van der Waals surface area (Å²) in [6.45, 7) is 8.09. The lowest BCUT2D eigenvalue weighted by atomic mass is 10.2. The molecular weight excluding hydrogens is 230 g/mol. The Kier molecular flexibility index (Phi) is 6.94. The first kappa shape index (κ1) is 14.2. The molecule has 0 atom stereocenters. The number of rotatable bonds is 8. The first-order chi connectivity index (χ1) is 8.27. The molecule has 0 aliphatic heterocycles. The van der Waals surface area contributed by atoms with Gasteiger partial charge in [-0.05, 0) is 55.5 Å². The van der Waals surface area contributed by atoms with Crippen molar-refractivity contribution in [2.75, 3.05) is 30.0 Å². The highest BCUT2D eigenvalue weighted by Crippen LogP contribution is 2.21. The van der Waals surface area contributed by atoms with E-state index in [1.165, 1.54) is 29.2 Å². The van der Waals surface area contributed by atoms with Crippen LogP contribution in [0.1, 0.15) is 25.8 Å². The fourth-order valence-electron chi connectivity index (χ4n) is 1.63. The maximum absolute atomic E-state index is 5.47. The normalized spacial score (nSPS) is 10.3. The zero-order valence-corrected chi connectivity index (χ0v) is 11.9. The fourth-order valence-corrected chi connectivity index (χ4v) is 2.27. The molecule has 0 amide bonds. The third-order valence-corrected chi connectivity index (χ3v) is 3.48. The van der Waals surface area contributed by atoms with E-state index in [0.717, 1.165) is 18.9 Å². The van der Waals surface area contributed by atoms with Crippen LogP contribution in [-0.4, -0.2) is 24.7 Å². The van der Waals surface area contributed by atoms with Crippen LogP contribution in [0.2, 0.25) is 0 Å². The average molecular weight is 253 g/mol. The molecule has 0 aliphatic rings. The van der Waals surface area contributed by atoms with E-state index in [4.69, 9.17) is 4.74 Å². The molecule has 0 unspecified atom stereocenters. The van der Waals surface area contributed by atoms with E-state index in [2.05, 4.69) is 31.3 Å². The number of benzene rings is 1. The van der Waals surface area contributed by atoms with Crippen LogP contribution >= 0.6 is 11.8 Å². The maximum atomic E-state index is 5.47. The lowest BCUT2D eigenvalue weighted by Gasteiger charge is -2.11. The fraction of sp³-hybridized carbons (Fsp3) is 0.571. The van der Waals surface area contributed by atoms with Gasteiger partial charge in [-0.3, -0.25) is 0 Å². The number of ether oxygens (including phenoxy) is 1. The Morgan fingerprint density at radius 2 is 2.12 bits per heavy atom. The second-order valence-electron chi connectivity index (χ2n) is 3.89. The summed E-state index contributed by atoms with van der Waals surface area (Å²) in [4.78, 5) is 0. The van der Waals surface area contributed by atoms with Crippen molar-refractivity contribution in [3.05, 3.63) is 23.8 Å². The smallest absolute Gasteiger partial charge is 0.119 e. The van der Waals surface area contributed by atoms with Gasteiger partial charge in [0.25, 0.3) is 0 Å². The molecule has 0 fully saturated rings. The molecule has 2 nitrogen and oxygen atoms in total. The van der Waals surface area contributed by atoms with Gasteiger partial charge in [-0.15, -0.1) is 0 Å². The Labute approximate surface area is 109 Å². The summed E-state index contributed by atoms with van der Waals surface area (Å²) in [7, 11) is 0. The van der Waals surface area contributed by atoms with Crippen molar-refractivity contribution in [2.24, 2.45) is 0 Å². The zero-order valence-electron chi connectivity index (χ0n) is 11.1. The van der Waals surface area contributed by atoms with Crippen LogP contribution in [0.15, 0.2) is 18.2 Å². The number of anilines is 1. The molecule has 1 aromatic carbocycles. The minimum Gasteiger partial charge on any atom is -0.494 e. The van der Waals surface area contributed by atoms with Crippen molar-refractivity contribution in [1.82, 2.24) is 0 Å². The first-order valence-electron chi connectivity index (χ1n) is 6.33. The van der Waals surface area contributed by atoms with E-state index < -0.39 is 0 Å². The summed E-state index contributed by atoms with van der Waals surface area (Å²) in [5.74, 6) is 3.40. The Balaban J connectivity index is 2.38. The zero-order chi connectivity index (χ0) is 12.5. The van der Waals surface area contributed by atoms with Crippen molar-refractivity contribution in [3.63, 3.8) is 0 Å². The number of aryl methyl sites for hydroxylation is 1. The standard InChI is InChI=1S/C14H23NOS/c1-4-16-13-7-8-14(12(3)11-13)15-9-6-10-17-5-2/h7-8,11,15H,4-6,9-10H2,1-3H3. The van der Waals surface area contributed by atoms with Gasteiger partial charge in [-0.1, -0.05) is 6.92 Å².